The summed E-state index contributed by atoms with van der Waals surface area (Å²) >= 11 is 0. The molecular weight excluding hydrogens is 356 g/mol. The molecule has 7 heteroatoms. The van der Waals surface area contributed by atoms with Gasteiger partial charge in [-0.15, -0.1) is 0 Å². The van der Waals surface area contributed by atoms with Gasteiger partial charge in [-0.2, -0.15) is 0 Å². The lowest BCUT2D eigenvalue weighted by atomic mass is 9.97. The van der Waals surface area contributed by atoms with Crippen LogP contribution in [0.25, 0.3) is 0 Å². The first-order valence-electron chi connectivity index (χ1n) is 9.86. The number of hydrogen-bond acceptors (Lipinski definition) is 4. The molecule has 2 rings (SSSR count). The van der Waals surface area contributed by atoms with Crippen molar-refractivity contribution >= 4 is 12.1 Å². The van der Waals surface area contributed by atoms with Gasteiger partial charge in [-0.1, -0.05) is 18.2 Å². The highest BCUT2D eigenvalue weighted by Crippen LogP contribution is 2.19. The number of carbonyl (C=O) groups excluding carboxylic acids is 1. The molecule has 1 aromatic rings. The Morgan fingerprint density at radius 1 is 1.21 bits per heavy atom. The van der Waals surface area contributed by atoms with Crippen LogP contribution in [0.2, 0.25) is 0 Å². The monoisotopic (exact) mass is 390 g/mol. The quantitative estimate of drug-likeness (QED) is 0.597. The third kappa shape index (κ3) is 6.94. The summed E-state index contributed by atoms with van der Waals surface area (Å²) in [4.78, 5) is 18.3. The Bertz CT molecular complexity index is 662. The predicted molar refractivity (Wildman–Crippen MR) is 112 cm³/mol. The highest BCUT2D eigenvalue weighted by atomic mass is 16.6. The number of guanidine groups is 1. The fraction of sp³-hybridized carbons (Fsp3) is 0.619. The number of amides is 1. The lowest BCUT2D eigenvalue weighted by molar-refractivity contribution is 0.0185. The molecule has 0 aliphatic carbocycles. The largest absolute Gasteiger partial charge is 0.496 e. The van der Waals surface area contributed by atoms with E-state index in [4.69, 9.17) is 9.47 Å². The number of rotatable bonds is 5. The first-order chi connectivity index (χ1) is 13.3. The number of ether oxygens (including phenoxy) is 2. The molecule has 0 aromatic heterocycles. The van der Waals surface area contributed by atoms with E-state index in [0.717, 1.165) is 49.7 Å². The lowest BCUT2D eigenvalue weighted by Crippen LogP contribution is -2.45. The third-order valence-electron chi connectivity index (χ3n) is 4.69. The average Bonchev–Trinajstić information content (AvgIpc) is 2.67. The van der Waals surface area contributed by atoms with Crippen LogP contribution in [0.5, 0.6) is 5.75 Å². The molecule has 7 nitrogen and oxygen atoms in total. The molecule has 1 aromatic carbocycles. The van der Waals surface area contributed by atoms with Crippen LogP contribution in [0.15, 0.2) is 29.3 Å². The van der Waals surface area contributed by atoms with E-state index in [9.17, 15) is 4.79 Å². The zero-order valence-corrected chi connectivity index (χ0v) is 17.7. The second-order valence-corrected chi connectivity index (χ2v) is 8.03. The predicted octanol–water partition coefficient (Wildman–Crippen LogP) is 3.01. The zero-order valence-electron chi connectivity index (χ0n) is 17.7. The van der Waals surface area contributed by atoms with Crippen LogP contribution in [0.3, 0.4) is 0 Å². The summed E-state index contributed by atoms with van der Waals surface area (Å²) in [6.07, 6.45) is 1.69. The van der Waals surface area contributed by atoms with Crippen molar-refractivity contribution in [3.8, 4) is 5.75 Å². The Balaban J connectivity index is 1.74. The second-order valence-electron chi connectivity index (χ2n) is 8.03. The summed E-state index contributed by atoms with van der Waals surface area (Å²) in [6.45, 7) is 8.61. The van der Waals surface area contributed by atoms with E-state index < -0.39 is 5.60 Å². The molecular formula is C21H34N4O3. The minimum Gasteiger partial charge on any atom is -0.496 e. The number of piperidine rings is 1. The number of carbonyl (C=O) groups is 1. The maximum Gasteiger partial charge on any atom is 0.410 e. The first-order valence-corrected chi connectivity index (χ1v) is 9.86. The molecule has 1 saturated heterocycles. The molecule has 0 radical (unpaired) electrons. The van der Waals surface area contributed by atoms with Crippen molar-refractivity contribution in [3.05, 3.63) is 29.8 Å². The molecule has 0 spiro atoms. The summed E-state index contributed by atoms with van der Waals surface area (Å²) in [5.41, 5.74) is 0.633. The van der Waals surface area contributed by atoms with Gasteiger partial charge in [0.2, 0.25) is 0 Å². The molecule has 1 aliphatic heterocycles. The summed E-state index contributed by atoms with van der Waals surface area (Å²) in [5, 5.41) is 6.72. The van der Waals surface area contributed by atoms with Gasteiger partial charge in [-0.3, -0.25) is 4.99 Å². The standard InChI is InChI=1S/C21H34N4O3/c1-21(2,3)28-20(26)25-12-10-16(11-13-25)14-23-19(22-4)24-15-17-8-6-7-9-18(17)27-5/h6-9,16H,10-15H2,1-5H3,(H2,22,23,24). The number of nitrogens with one attached hydrogen (secondary N) is 2. The smallest absolute Gasteiger partial charge is 0.410 e. The van der Waals surface area contributed by atoms with Gasteiger partial charge in [0.25, 0.3) is 0 Å². The number of methoxy groups -OCH3 is 1. The van der Waals surface area contributed by atoms with Gasteiger partial charge in [-0.25, -0.2) is 4.79 Å². The number of hydrogen-bond donors (Lipinski definition) is 2. The Labute approximate surface area is 168 Å². The molecule has 0 unspecified atom stereocenters. The van der Waals surface area contributed by atoms with Gasteiger partial charge >= 0.3 is 6.09 Å². The minimum absolute atomic E-state index is 0.215. The number of para-hydroxylation sites is 1. The van der Waals surface area contributed by atoms with Crippen molar-refractivity contribution in [2.45, 2.75) is 45.8 Å². The van der Waals surface area contributed by atoms with Crippen LogP contribution in [0, 0.1) is 5.92 Å². The first kappa shape index (κ1) is 21.9. The molecule has 2 N–H and O–H groups in total. The van der Waals surface area contributed by atoms with Crippen LogP contribution in [0.1, 0.15) is 39.2 Å². The fourth-order valence-corrected chi connectivity index (χ4v) is 3.14. The van der Waals surface area contributed by atoms with Gasteiger partial charge in [0.15, 0.2) is 5.96 Å². The van der Waals surface area contributed by atoms with E-state index in [0.29, 0.717) is 12.5 Å². The Hall–Kier alpha value is -2.44. The number of aliphatic imine (C=N–C) groups is 1. The maximum absolute atomic E-state index is 12.2. The van der Waals surface area contributed by atoms with Crippen LogP contribution < -0.4 is 15.4 Å². The van der Waals surface area contributed by atoms with Gasteiger partial charge < -0.3 is 25.0 Å². The second kappa shape index (κ2) is 10.2. The van der Waals surface area contributed by atoms with E-state index in [1.165, 1.54) is 0 Å². The van der Waals surface area contributed by atoms with E-state index in [1.54, 1.807) is 19.1 Å². The third-order valence-corrected chi connectivity index (χ3v) is 4.69. The molecule has 0 saturated carbocycles. The number of benzene rings is 1. The number of likely N-dealkylation sites (tertiary alicyclic amines) is 1. The zero-order chi connectivity index (χ0) is 20.6. The van der Waals surface area contributed by atoms with Crippen molar-refractivity contribution in [1.29, 1.82) is 0 Å². The van der Waals surface area contributed by atoms with E-state index >= 15 is 0 Å². The fourth-order valence-electron chi connectivity index (χ4n) is 3.14. The van der Waals surface area contributed by atoms with Crippen LogP contribution in [-0.4, -0.2) is 56.3 Å². The maximum atomic E-state index is 12.2. The van der Waals surface area contributed by atoms with Crippen molar-refractivity contribution < 1.29 is 14.3 Å². The van der Waals surface area contributed by atoms with Crippen molar-refractivity contribution in [1.82, 2.24) is 15.5 Å². The van der Waals surface area contributed by atoms with Crippen LogP contribution >= 0.6 is 0 Å². The van der Waals surface area contributed by atoms with Gasteiger partial charge in [0.1, 0.15) is 11.4 Å². The molecule has 1 heterocycles. The summed E-state index contributed by atoms with van der Waals surface area (Å²) in [7, 11) is 3.44. The molecule has 156 valence electrons. The average molecular weight is 391 g/mol. The highest BCUT2D eigenvalue weighted by Gasteiger charge is 2.26. The van der Waals surface area contributed by atoms with E-state index in [1.807, 2.05) is 45.0 Å². The van der Waals surface area contributed by atoms with E-state index in [-0.39, 0.29) is 6.09 Å². The molecule has 0 atom stereocenters. The minimum atomic E-state index is -0.449. The Morgan fingerprint density at radius 3 is 2.50 bits per heavy atom. The van der Waals surface area contributed by atoms with Gasteiger partial charge in [0, 0.05) is 38.8 Å². The van der Waals surface area contributed by atoms with Crippen LogP contribution in [0.4, 0.5) is 4.79 Å². The van der Waals surface area contributed by atoms with Gasteiger partial charge in [0.05, 0.1) is 7.11 Å². The van der Waals surface area contributed by atoms with Crippen LogP contribution in [-0.2, 0) is 11.3 Å². The SMILES string of the molecule is CN=C(NCc1ccccc1OC)NCC1CCN(C(=O)OC(C)(C)C)CC1. The van der Waals surface area contributed by atoms with Crippen molar-refractivity contribution in [2.75, 3.05) is 33.8 Å². The molecule has 1 amide bonds. The number of nitrogens with zero attached hydrogens (tertiary/aromatic N) is 2. The normalized spacial score (nSPS) is 15.9. The topological polar surface area (TPSA) is 75.2 Å². The molecule has 28 heavy (non-hydrogen) atoms. The molecule has 1 fully saturated rings. The summed E-state index contributed by atoms with van der Waals surface area (Å²) in [5.74, 6) is 2.13. The summed E-state index contributed by atoms with van der Waals surface area (Å²) in [6, 6.07) is 7.93. The molecule has 0 bridgehead atoms. The van der Waals surface area contributed by atoms with Crippen molar-refractivity contribution in [3.63, 3.8) is 0 Å². The van der Waals surface area contributed by atoms with Crippen molar-refractivity contribution in [2.24, 2.45) is 10.9 Å². The van der Waals surface area contributed by atoms with E-state index in [2.05, 4.69) is 15.6 Å². The van der Waals surface area contributed by atoms with Gasteiger partial charge in [-0.05, 0) is 45.6 Å². The highest BCUT2D eigenvalue weighted by molar-refractivity contribution is 5.79. The Morgan fingerprint density at radius 2 is 1.89 bits per heavy atom. The Kier molecular flexibility index (Phi) is 7.96. The summed E-state index contributed by atoms with van der Waals surface area (Å²) < 4.78 is 10.8. The molecule has 1 aliphatic rings. The lowest BCUT2D eigenvalue weighted by Gasteiger charge is -2.33.